The molecule has 0 aromatic heterocycles. The summed E-state index contributed by atoms with van der Waals surface area (Å²) < 4.78 is 27.4. The Morgan fingerprint density at radius 1 is 1.20 bits per heavy atom. The number of nitrogen functional groups attached to an aromatic ring is 1. The Morgan fingerprint density at radius 2 is 1.85 bits per heavy atom. The van der Waals surface area contributed by atoms with Crippen LogP contribution in [0.1, 0.15) is 32.8 Å². The molecule has 1 saturated heterocycles. The molecule has 1 aliphatic rings. The van der Waals surface area contributed by atoms with Crippen LogP contribution in [0.25, 0.3) is 0 Å². The van der Waals surface area contributed by atoms with Crippen molar-refractivity contribution in [3.63, 3.8) is 0 Å². The van der Waals surface area contributed by atoms with Crippen molar-refractivity contribution in [3.8, 4) is 0 Å². The molecule has 0 aliphatic carbocycles. The van der Waals surface area contributed by atoms with Crippen LogP contribution in [-0.4, -0.2) is 25.3 Å². The lowest BCUT2D eigenvalue weighted by molar-refractivity contribution is 0.157. The van der Waals surface area contributed by atoms with Crippen LogP contribution >= 0.6 is 0 Å². The highest BCUT2D eigenvalue weighted by molar-refractivity contribution is 7.89. The third-order valence-corrected chi connectivity index (χ3v) is 6.15. The molecule has 1 aromatic carbocycles. The number of nitrogens with two attached hydrogens (primary N) is 1. The van der Waals surface area contributed by atoms with Crippen LogP contribution in [0.5, 0.6) is 0 Å². The Morgan fingerprint density at radius 3 is 2.45 bits per heavy atom. The molecule has 3 atom stereocenters. The fourth-order valence-corrected chi connectivity index (χ4v) is 5.03. The number of hydrogen-bond donors (Lipinski definition) is 1. The van der Waals surface area contributed by atoms with Crippen molar-refractivity contribution in [3.05, 3.63) is 23.8 Å². The zero-order valence-electron chi connectivity index (χ0n) is 12.6. The van der Waals surface area contributed by atoms with Gasteiger partial charge >= 0.3 is 0 Å². The number of nitrogens with zero attached hydrogens (tertiary/aromatic N) is 1. The first-order valence-corrected chi connectivity index (χ1v) is 8.55. The SMILES string of the molecule is Cc1cc(N)cc(S(=O)(=O)N2CC(C)CC(C)C2C)c1. The van der Waals surface area contributed by atoms with Crippen LogP contribution in [0.15, 0.2) is 23.1 Å². The number of sulfonamides is 1. The maximum Gasteiger partial charge on any atom is 0.243 e. The van der Waals surface area contributed by atoms with E-state index < -0.39 is 10.0 Å². The fraction of sp³-hybridized carbons (Fsp3) is 0.600. The summed E-state index contributed by atoms with van der Waals surface area (Å²) in [7, 11) is -3.47. The molecular weight excluding hydrogens is 272 g/mol. The zero-order chi connectivity index (χ0) is 15.1. The highest BCUT2D eigenvalue weighted by Crippen LogP contribution is 2.32. The molecule has 0 amide bonds. The van der Waals surface area contributed by atoms with Gasteiger partial charge in [0.2, 0.25) is 10.0 Å². The van der Waals surface area contributed by atoms with Crippen molar-refractivity contribution in [2.24, 2.45) is 11.8 Å². The van der Waals surface area contributed by atoms with Crippen LogP contribution < -0.4 is 5.73 Å². The quantitative estimate of drug-likeness (QED) is 0.853. The van der Waals surface area contributed by atoms with Gasteiger partial charge in [0.15, 0.2) is 0 Å². The smallest absolute Gasteiger partial charge is 0.243 e. The van der Waals surface area contributed by atoms with Gasteiger partial charge in [-0.3, -0.25) is 0 Å². The van der Waals surface area contributed by atoms with E-state index in [0.717, 1.165) is 12.0 Å². The molecule has 1 aromatic rings. The number of anilines is 1. The molecule has 3 unspecified atom stereocenters. The second kappa shape index (κ2) is 5.37. The summed E-state index contributed by atoms with van der Waals surface area (Å²) >= 11 is 0. The maximum atomic E-state index is 12.9. The summed E-state index contributed by atoms with van der Waals surface area (Å²) in [5.74, 6) is 0.758. The van der Waals surface area contributed by atoms with Crippen LogP contribution in [0, 0.1) is 18.8 Å². The van der Waals surface area contributed by atoms with Gasteiger partial charge in [-0.15, -0.1) is 0 Å². The van der Waals surface area contributed by atoms with Crippen molar-refractivity contribution in [2.45, 2.75) is 45.1 Å². The molecule has 4 nitrogen and oxygen atoms in total. The Bertz CT molecular complexity index is 578. The lowest BCUT2D eigenvalue weighted by Crippen LogP contribution is -2.48. The van der Waals surface area contributed by atoms with E-state index in [9.17, 15) is 8.42 Å². The third-order valence-electron chi connectivity index (χ3n) is 4.22. The van der Waals surface area contributed by atoms with E-state index in [1.165, 1.54) is 0 Å². The minimum atomic E-state index is -3.47. The van der Waals surface area contributed by atoms with Gasteiger partial charge in [-0.25, -0.2) is 8.42 Å². The number of benzene rings is 1. The number of rotatable bonds is 2. The van der Waals surface area contributed by atoms with Crippen molar-refractivity contribution in [1.82, 2.24) is 4.31 Å². The molecule has 2 rings (SSSR count). The maximum absolute atomic E-state index is 12.9. The molecular formula is C15H24N2O2S. The predicted octanol–water partition coefficient (Wildman–Crippen LogP) is 2.63. The second-order valence-electron chi connectivity index (χ2n) is 6.21. The summed E-state index contributed by atoms with van der Waals surface area (Å²) in [6.07, 6.45) is 1.07. The van der Waals surface area contributed by atoms with E-state index >= 15 is 0 Å². The summed E-state index contributed by atoms with van der Waals surface area (Å²) in [6, 6.07) is 5.06. The van der Waals surface area contributed by atoms with Crippen LogP contribution in [0.2, 0.25) is 0 Å². The molecule has 2 N–H and O–H groups in total. The third kappa shape index (κ3) is 2.83. The lowest BCUT2D eigenvalue weighted by atomic mass is 9.88. The second-order valence-corrected chi connectivity index (χ2v) is 8.10. The molecule has 1 fully saturated rings. The molecule has 0 saturated carbocycles. The molecule has 20 heavy (non-hydrogen) atoms. The van der Waals surface area contributed by atoms with Crippen molar-refractivity contribution in [2.75, 3.05) is 12.3 Å². The minimum absolute atomic E-state index is 0.0259. The first-order valence-electron chi connectivity index (χ1n) is 7.11. The highest BCUT2D eigenvalue weighted by Gasteiger charge is 2.37. The summed E-state index contributed by atoms with van der Waals surface area (Å²) in [4.78, 5) is 0.308. The van der Waals surface area contributed by atoms with Gasteiger partial charge in [0.1, 0.15) is 0 Å². The van der Waals surface area contributed by atoms with E-state index in [2.05, 4.69) is 13.8 Å². The van der Waals surface area contributed by atoms with E-state index in [1.54, 1.807) is 22.5 Å². The summed E-state index contributed by atoms with van der Waals surface area (Å²) in [6.45, 7) is 8.66. The Balaban J connectivity index is 2.43. The molecule has 1 heterocycles. The zero-order valence-corrected chi connectivity index (χ0v) is 13.4. The van der Waals surface area contributed by atoms with E-state index in [-0.39, 0.29) is 6.04 Å². The van der Waals surface area contributed by atoms with Gasteiger partial charge in [0.05, 0.1) is 4.90 Å². The van der Waals surface area contributed by atoms with Crippen molar-refractivity contribution >= 4 is 15.7 Å². The van der Waals surface area contributed by atoms with E-state index in [1.807, 2.05) is 13.8 Å². The van der Waals surface area contributed by atoms with Gasteiger partial charge in [0.25, 0.3) is 0 Å². The largest absolute Gasteiger partial charge is 0.399 e. The first-order chi connectivity index (χ1) is 9.21. The minimum Gasteiger partial charge on any atom is -0.399 e. The Kier molecular flexibility index (Phi) is 4.12. The topological polar surface area (TPSA) is 63.4 Å². The number of piperidine rings is 1. The number of aryl methyl sites for hydroxylation is 1. The normalized spacial score (nSPS) is 28.5. The summed E-state index contributed by atoms with van der Waals surface area (Å²) in [5, 5.41) is 0. The van der Waals surface area contributed by atoms with Crippen LogP contribution in [-0.2, 0) is 10.0 Å². The van der Waals surface area contributed by atoms with Gasteiger partial charge in [-0.2, -0.15) is 4.31 Å². The number of hydrogen-bond acceptors (Lipinski definition) is 3. The van der Waals surface area contributed by atoms with Gasteiger partial charge < -0.3 is 5.73 Å². The lowest BCUT2D eigenvalue weighted by Gasteiger charge is -2.40. The highest BCUT2D eigenvalue weighted by atomic mass is 32.2. The molecule has 0 radical (unpaired) electrons. The standard InChI is InChI=1S/C15H24N2O2S/c1-10-6-14(16)8-15(7-10)20(18,19)17-9-11(2)5-12(3)13(17)4/h6-8,11-13H,5,9,16H2,1-4H3. The molecule has 0 spiro atoms. The first kappa shape index (κ1) is 15.3. The fourth-order valence-electron chi connectivity index (χ4n) is 3.04. The average molecular weight is 296 g/mol. The Labute approximate surface area is 122 Å². The van der Waals surface area contributed by atoms with Gasteiger partial charge in [-0.05, 0) is 55.9 Å². The Hall–Kier alpha value is -1.07. The van der Waals surface area contributed by atoms with Crippen molar-refractivity contribution < 1.29 is 8.42 Å². The summed E-state index contributed by atoms with van der Waals surface area (Å²) in [5.41, 5.74) is 7.16. The molecule has 112 valence electrons. The van der Waals surface area contributed by atoms with E-state index in [0.29, 0.717) is 29.0 Å². The van der Waals surface area contributed by atoms with Crippen LogP contribution in [0.3, 0.4) is 0 Å². The molecule has 5 heteroatoms. The monoisotopic (exact) mass is 296 g/mol. The van der Waals surface area contributed by atoms with Crippen LogP contribution in [0.4, 0.5) is 5.69 Å². The predicted molar refractivity (Wildman–Crippen MR) is 81.9 cm³/mol. The van der Waals surface area contributed by atoms with Gasteiger partial charge in [-0.1, -0.05) is 13.8 Å². The van der Waals surface area contributed by atoms with E-state index in [4.69, 9.17) is 5.73 Å². The average Bonchev–Trinajstić information content (AvgIpc) is 2.32. The van der Waals surface area contributed by atoms with Gasteiger partial charge in [0, 0.05) is 18.3 Å². The molecule has 1 aliphatic heterocycles. The molecule has 0 bridgehead atoms. The van der Waals surface area contributed by atoms with Crippen molar-refractivity contribution in [1.29, 1.82) is 0 Å².